The van der Waals surface area contributed by atoms with Crippen molar-refractivity contribution in [2.45, 2.75) is 78.1 Å². The number of rotatable bonds is 29. The average molecular weight is 643 g/mol. The van der Waals surface area contributed by atoms with Crippen LogP contribution in [0.15, 0.2) is 0 Å². The van der Waals surface area contributed by atoms with Crippen molar-refractivity contribution in [2.75, 3.05) is 79.0 Å². The lowest BCUT2D eigenvalue weighted by molar-refractivity contribution is -0.139. The van der Waals surface area contributed by atoms with E-state index in [-0.39, 0.29) is 80.4 Å². The van der Waals surface area contributed by atoms with E-state index in [9.17, 15) is 28.8 Å². The molecule has 258 valence electrons. The van der Waals surface area contributed by atoms with E-state index >= 15 is 0 Å². The van der Waals surface area contributed by atoms with Crippen molar-refractivity contribution in [3.8, 4) is 0 Å². The molecule has 1 atom stereocenters. The molecule has 14 heteroatoms. The van der Waals surface area contributed by atoms with Crippen LogP contribution in [0.5, 0.6) is 0 Å². The van der Waals surface area contributed by atoms with Crippen molar-refractivity contribution >= 4 is 35.3 Å². The van der Waals surface area contributed by atoms with Crippen molar-refractivity contribution in [3.63, 3.8) is 0 Å². The van der Waals surface area contributed by atoms with Crippen LogP contribution in [0, 0.1) is 5.92 Å². The van der Waals surface area contributed by atoms with Crippen LogP contribution in [-0.4, -0.2) is 119 Å². The molecule has 14 nitrogen and oxygen atoms in total. The molecular weight excluding hydrogens is 588 g/mol. The molecule has 0 aromatic carbocycles. The van der Waals surface area contributed by atoms with Gasteiger partial charge in [-0.3, -0.25) is 33.7 Å². The van der Waals surface area contributed by atoms with Gasteiger partial charge in [0.05, 0.1) is 39.6 Å². The van der Waals surface area contributed by atoms with E-state index in [1.54, 1.807) is 6.92 Å². The van der Waals surface area contributed by atoms with Gasteiger partial charge in [0, 0.05) is 51.4 Å². The molecule has 45 heavy (non-hydrogen) atoms. The number of nitrogens with one attached hydrogen (secondary N) is 3. The van der Waals surface area contributed by atoms with Crippen LogP contribution in [0.3, 0.4) is 0 Å². The molecule has 0 aliphatic carbocycles. The number of carbonyl (C=O) groups is 6. The summed E-state index contributed by atoms with van der Waals surface area (Å²) in [7, 11) is 0. The third-order valence-corrected chi connectivity index (χ3v) is 6.85. The molecular formula is C31H54N4O10. The first-order valence-electron chi connectivity index (χ1n) is 16.2. The lowest BCUT2D eigenvalue weighted by Gasteiger charge is -2.14. The summed E-state index contributed by atoms with van der Waals surface area (Å²) in [4.78, 5) is 71.1. The maximum absolute atomic E-state index is 12.0. The van der Waals surface area contributed by atoms with Gasteiger partial charge < -0.3 is 34.9 Å². The number of hydrogen-bond acceptors (Lipinski definition) is 10. The maximum Gasteiger partial charge on any atom is 0.246 e. The first kappa shape index (κ1) is 40.1. The number of amides is 5. The zero-order chi connectivity index (χ0) is 33.1. The Balaban J connectivity index is 1.79. The lowest BCUT2D eigenvalue weighted by Crippen LogP contribution is -2.35. The van der Waals surface area contributed by atoms with E-state index < -0.39 is 0 Å². The van der Waals surface area contributed by atoms with E-state index in [0.29, 0.717) is 59.1 Å². The Morgan fingerprint density at radius 2 is 1.16 bits per heavy atom. The number of nitrogens with zero attached hydrogens (tertiary/aromatic N) is 1. The van der Waals surface area contributed by atoms with Crippen LogP contribution in [0.4, 0.5) is 0 Å². The summed E-state index contributed by atoms with van der Waals surface area (Å²) >= 11 is 0. The van der Waals surface area contributed by atoms with Crippen LogP contribution in [-0.2, 0) is 47.7 Å². The predicted molar refractivity (Wildman–Crippen MR) is 165 cm³/mol. The molecule has 3 N–H and O–H groups in total. The maximum atomic E-state index is 12.0. The number of Topliss-reactive ketones (excluding diaryl/α,β-unsaturated/α-hetero) is 1. The van der Waals surface area contributed by atoms with Crippen molar-refractivity contribution in [1.82, 2.24) is 20.9 Å². The fourth-order valence-corrected chi connectivity index (χ4v) is 4.39. The highest BCUT2D eigenvalue weighted by atomic mass is 16.5. The van der Waals surface area contributed by atoms with Crippen molar-refractivity contribution < 1.29 is 47.7 Å². The molecule has 1 unspecified atom stereocenters. The van der Waals surface area contributed by atoms with E-state index in [1.807, 2.05) is 0 Å². The van der Waals surface area contributed by atoms with Gasteiger partial charge in [0.1, 0.15) is 13.2 Å². The van der Waals surface area contributed by atoms with Crippen LogP contribution in [0.2, 0.25) is 0 Å². The Hall–Kier alpha value is -2.94. The third kappa shape index (κ3) is 22.3. The normalized spacial score (nSPS) is 14.5. The molecule has 0 spiro atoms. The highest BCUT2D eigenvalue weighted by Crippen LogP contribution is 2.18. The average Bonchev–Trinajstić information content (AvgIpc) is 3.24. The Bertz CT molecular complexity index is 902. The number of unbranched alkanes of at least 4 members (excludes halogenated alkanes) is 6. The molecule has 0 saturated carbocycles. The monoisotopic (exact) mass is 642 g/mol. The Labute approximate surface area is 267 Å². The molecule has 0 bridgehead atoms. The number of ether oxygens (including phenoxy) is 4. The van der Waals surface area contributed by atoms with Crippen LogP contribution in [0.1, 0.15) is 78.1 Å². The largest absolute Gasteiger partial charge is 0.377 e. The van der Waals surface area contributed by atoms with Crippen molar-refractivity contribution in [3.05, 3.63) is 0 Å². The fraction of sp³-hybridized carbons (Fsp3) is 0.806. The van der Waals surface area contributed by atoms with E-state index in [0.717, 1.165) is 44.9 Å². The quantitative estimate of drug-likeness (QED) is 0.0784. The number of likely N-dealkylation sites (tertiary alicyclic amines) is 1. The molecule has 1 rings (SSSR count). The zero-order valence-electron chi connectivity index (χ0n) is 27.2. The van der Waals surface area contributed by atoms with Gasteiger partial charge in [-0.2, -0.15) is 0 Å². The first-order chi connectivity index (χ1) is 21.7. The zero-order valence-corrected chi connectivity index (χ0v) is 27.2. The standard InChI is InChI=1S/C31H54N4O10/c1-25-22-30(40)35(31(25)41)15-11-28(38)32-12-9-7-5-3-4-6-8-10-27(37)33-13-16-42-19-21-45-24-29(39)34-14-17-43-18-20-44-23-26(2)36/h25H,3-24H2,1-2H3,(H,32,38)(H,33,37)(H,34,39). The molecule has 0 radical (unpaired) electrons. The predicted octanol–water partition coefficient (Wildman–Crippen LogP) is 0.896. The van der Waals surface area contributed by atoms with Gasteiger partial charge >= 0.3 is 0 Å². The van der Waals surface area contributed by atoms with Gasteiger partial charge in [0.2, 0.25) is 29.5 Å². The Kier molecular flexibility index (Phi) is 23.4. The summed E-state index contributed by atoms with van der Waals surface area (Å²) in [5.41, 5.74) is 0. The molecule has 1 fully saturated rings. The lowest BCUT2D eigenvalue weighted by atomic mass is 10.1. The van der Waals surface area contributed by atoms with Gasteiger partial charge in [-0.05, 0) is 19.8 Å². The highest BCUT2D eigenvalue weighted by Gasteiger charge is 2.35. The smallest absolute Gasteiger partial charge is 0.246 e. The van der Waals surface area contributed by atoms with Gasteiger partial charge in [-0.15, -0.1) is 0 Å². The highest BCUT2D eigenvalue weighted by molar-refractivity contribution is 6.03. The molecule has 0 aromatic heterocycles. The molecule has 1 saturated heterocycles. The minimum atomic E-state index is -0.284. The van der Waals surface area contributed by atoms with Gasteiger partial charge in [0.25, 0.3) is 0 Å². The number of carbonyl (C=O) groups excluding carboxylic acids is 6. The number of hydrogen-bond donors (Lipinski definition) is 3. The second-order valence-electron chi connectivity index (χ2n) is 11.0. The van der Waals surface area contributed by atoms with E-state index in [2.05, 4.69) is 16.0 Å². The summed E-state index contributed by atoms with van der Waals surface area (Å²) in [6.07, 6.45) is 7.78. The van der Waals surface area contributed by atoms with Crippen LogP contribution >= 0.6 is 0 Å². The summed E-state index contributed by atoms with van der Waals surface area (Å²) in [6, 6.07) is 0. The topological polar surface area (TPSA) is 179 Å². The molecule has 1 aliphatic heterocycles. The minimum absolute atomic E-state index is 0.00260. The van der Waals surface area contributed by atoms with Crippen molar-refractivity contribution in [2.24, 2.45) is 5.92 Å². The molecule has 0 aromatic rings. The molecule has 1 heterocycles. The summed E-state index contributed by atoms with van der Waals surface area (Å²) in [6.45, 7) is 6.67. The molecule has 5 amide bonds. The van der Waals surface area contributed by atoms with Crippen molar-refractivity contribution in [1.29, 1.82) is 0 Å². The molecule has 1 aliphatic rings. The third-order valence-electron chi connectivity index (χ3n) is 6.85. The summed E-state index contributed by atoms with van der Waals surface area (Å²) < 4.78 is 21.0. The number of imide groups is 1. The van der Waals surface area contributed by atoms with E-state index in [1.165, 1.54) is 11.8 Å². The Morgan fingerprint density at radius 3 is 1.76 bits per heavy atom. The minimum Gasteiger partial charge on any atom is -0.377 e. The summed E-state index contributed by atoms with van der Waals surface area (Å²) in [5.74, 6) is -1.10. The van der Waals surface area contributed by atoms with Gasteiger partial charge in [0.15, 0.2) is 5.78 Å². The van der Waals surface area contributed by atoms with Gasteiger partial charge in [-0.1, -0.05) is 39.0 Å². The second-order valence-corrected chi connectivity index (χ2v) is 11.0. The van der Waals surface area contributed by atoms with E-state index in [4.69, 9.17) is 18.9 Å². The SMILES string of the molecule is CC(=O)COCCOCCNC(=O)COCCOCCNC(=O)CCCCCCCCCNC(=O)CCN1C(=O)CC(C)C1=O. The summed E-state index contributed by atoms with van der Waals surface area (Å²) in [5, 5.41) is 8.35. The first-order valence-corrected chi connectivity index (χ1v) is 16.2. The van der Waals surface area contributed by atoms with Gasteiger partial charge in [-0.25, -0.2) is 0 Å². The van der Waals surface area contributed by atoms with Crippen LogP contribution in [0.25, 0.3) is 0 Å². The van der Waals surface area contributed by atoms with Crippen LogP contribution < -0.4 is 16.0 Å². The fourth-order valence-electron chi connectivity index (χ4n) is 4.39. The Morgan fingerprint density at radius 1 is 0.644 bits per heavy atom. The second kappa shape index (κ2) is 26.3. The number of ketones is 1.